The number of thiazole rings is 1. The second kappa shape index (κ2) is 9.54. The zero-order chi connectivity index (χ0) is 22.9. The minimum Gasteiger partial charge on any atom is -0.335 e. The molecule has 2 aliphatic rings. The number of piperazine rings is 1. The number of hydrogen-bond acceptors (Lipinski definition) is 5. The van der Waals surface area contributed by atoms with Gasteiger partial charge in [-0.15, -0.1) is 11.3 Å². The molecule has 2 aromatic rings. The predicted molar refractivity (Wildman–Crippen MR) is 123 cm³/mol. The molecule has 2 heterocycles. The first kappa shape index (κ1) is 23.3. The summed E-state index contributed by atoms with van der Waals surface area (Å²) in [4.78, 5) is 19.8. The lowest BCUT2D eigenvalue weighted by molar-refractivity contribution is 0.0696. The van der Waals surface area contributed by atoms with Gasteiger partial charge in [-0.3, -0.25) is 4.79 Å². The van der Waals surface area contributed by atoms with E-state index in [0.717, 1.165) is 31.2 Å². The van der Waals surface area contributed by atoms with Crippen LogP contribution in [-0.2, 0) is 10.2 Å². The summed E-state index contributed by atoms with van der Waals surface area (Å²) in [5.74, 6) is -0.452. The van der Waals surface area contributed by atoms with E-state index in [9.17, 15) is 17.6 Å². The molecule has 0 spiro atoms. The van der Waals surface area contributed by atoms with Gasteiger partial charge < -0.3 is 4.90 Å². The number of halogens is 1. The second-order valence-corrected chi connectivity index (χ2v) is 11.4. The van der Waals surface area contributed by atoms with Gasteiger partial charge >= 0.3 is 0 Å². The van der Waals surface area contributed by atoms with Crippen molar-refractivity contribution in [1.82, 2.24) is 18.5 Å². The number of aromatic nitrogens is 1. The molecule has 32 heavy (non-hydrogen) atoms. The molecule has 0 N–H and O–H groups in total. The molecule has 2 fully saturated rings. The van der Waals surface area contributed by atoms with Gasteiger partial charge in [-0.25, -0.2) is 9.37 Å². The maximum Gasteiger partial charge on any atom is 0.282 e. The molecular weight excluding hydrogens is 451 g/mol. The Morgan fingerprint density at radius 2 is 1.72 bits per heavy atom. The van der Waals surface area contributed by atoms with Gasteiger partial charge in [-0.1, -0.05) is 19.3 Å². The van der Waals surface area contributed by atoms with Crippen molar-refractivity contribution >= 4 is 27.5 Å². The minimum absolute atomic E-state index is 0.0677. The Morgan fingerprint density at radius 3 is 2.34 bits per heavy atom. The highest BCUT2D eigenvalue weighted by atomic mass is 32.2. The SMILES string of the molecule is Cc1nc(-c2ccc(F)cc2)sc1C(=O)N1CCN(S(=O)(=O)N(C)C2CCCCC2)CC1. The monoisotopic (exact) mass is 480 g/mol. The molecule has 1 aliphatic carbocycles. The van der Waals surface area contributed by atoms with E-state index < -0.39 is 10.2 Å². The zero-order valence-corrected chi connectivity index (χ0v) is 20.1. The molecule has 1 saturated heterocycles. The first-order valence-electron chi connectivity index (χ1n) is 11.0. The predicted octanol–water partition coefficient (Wildman–Crippen LogP) is 3.52. The summed E-state index contributed by atoms with van der Waals surface area (Å²) in [5, 5.41) is 0.668. The van der Waals surface area contributed by atoms with E-state index in [1.807, 2.05) is 0 Å². The lowest BCUT2D eigenvalue weighted by Crippen LogP contribution is -2.55. The Balaban J connectivity index is 1.41. The summed E-state index contributed by atoms with van der Waals surface area (Å²) in [6.07, 6.45) is 5.14. The Bertz CT molecular complexity index is 1060. The molecule has 0 bridgehead atoms. The van der Waals surface area contributed by atoms with Crippen LogP contribution in [0.5, 0.6) is 0 Å². The molecule has 1 amide bonds. The van der Waals surface area contributed by atoms with Gasteiger partial charge in [-0.05, 0) is 44.0 Å². The van der Waals surface area contributed by atoms with Crippen molar-refractivity contribution in [1.29, 1.82) is 0 Å². The number of carbonyl (C=O) groups is 1. The molecule has 0 atom stereocenters. The van der Waals surface area contributed by atoms with Gasteiger partial charge in [0.15, 0.2) is 0 Å². The largest absolute Gasteiger partial charge is 0.335 e. The second-order valence-electron chi connectivity index (χ2n) is 8.45. The van der Waals surface area contributed by atoms with Crippen LogP contribution in [0, 0.1) is 12.7 Å². The number of hydrogen-bond donors (Lipinski definition) is 0. The van der Waals surface area contributed by atoms with Gasteiger partial charge in [0.25, 0.3) is 16.1 Å². The van der Waals surface area contributed by atoms with Crippen LogP contribution in [0.4, 0.5) is 4.39 Å². The van der Waals surface area contributed by atoms with E-state index >= 15 is 0 Å². The van der Waals surface area contributed by atoms with Gasteiger partial charge in [-0.2, -0.15) is 17.0 Å². The molecule has 7 nitrogen and oxygen atoms in total. The van der Waals surface area contributed by atoms with E-state index in [1.165, 1.54) is 38.5 Å². The number of rotatable bonds is 5. The highest BCUT2D eigenvalue weighted by molar-refractivity contribution is 7.86. The smallest absolute Gasteiger partial charge is 0.282 e. The first-order chi connectivity index (χ1) is 15.3. The number of nitrogens with zero attached hydrogens (tertiary/aromatic N) is 4. The number of benzene rings is 1. The molecule has 1 aliphatic heterocycles. The molecule has 0 unspecified atom stereocenters. The maximum atomic E-state index is 13.2. The van der Waals surface area contributed by atoms with E-state index in [4.69, 9.17) is 0 Å². The van der Waals surface area contributed by atoms with E-state index in [-0.39, 0.29) is 30.9 Å². The third kappa shape index (κ3) is 4.73. The summed E-state index contributed by atoms with van der Waals surface area (Å²) in [7, 11) is -1.85. The van der Waals surface area contributed by atoms with Crippen LogP contribution in [0.1, 0.15) is 47.5 Å². The normalized spacial score (nSPS) is 18.9. The van der Waals surface area contributed by atoms with E-state index in [1.54, 1.807) is 31.0 Å². The summed E-state index contributed by atoms with van der Waals surface area (Å²) in [6, 6.07) is 6.11. The summed E-state index contributed by atoms with van der Waals surface area (Å²) < 4.78 is 42.4. The topological polar surface area (TPSA) is 73.8 Å². The standard InChI is InChI=1S/C22H29FN4O3S2/c1-16-20(31-21(24-16)17-8-10-18(23)11-9-17)22(28)26-12-14-27(15-13-26)32(29,30)25(2)19-6-4-3-5-7-19/h8-11,19H,3-7,12-15H2,1-2H3. The molecule has 4 rings (SSSR count). The van der Waals surface area contributed by atoms with Crippen molar-refractivity contribution in [3.63, 3.8) is 0 Å². The highest BCUT2D eigenvalue weighted by Gasteiger charge is 2.36. The van der Waals surface area contributed by atoms with E-state index in [0.29, 0.717) is 28.7 Å². The average molecular weight is 481 g/mol. The molecule has 10 heteroatoms. The molecule has 1 aromatic carbocycles. The van der Waals surface area contributed by atoms with Crippen LogP contribution in [0.3, 0.4) is 0 Å². The van der Waals surface area contributed by atoms with Crippen LogP contribution < -0.4 is 0 Å². The molecule has 0 radical (unpaired) electrons. The lowest BCUT2D eigenvalue weighted by Gasteiger charge is -2.38. The van der Waals surface area contributed by atoms with Crippen LogP contribution in [0.2, 0.25) is 0 Å². The van der Waals surface area contributed by atoms with Crippen molar-refractivity contribution in [2.45, 2.75) is 45.1 Å². The zero-order valence-electron chi connectivity index (χ0n) is 18.5. The van der Waals surface area contributed by atoms with Crippen molar-refractivity contribution in [2.75, 3.05) is 33.2 Å². The van der Waals surface area contributed by atoms with Gasteiger partial charge in [0.05, 0.1) is 5.69 Å². The first-order valence-corrected chi connectivity index (χ1v) is 13.2. The number of carbonyl (C=O) groups excluding carboxylic acids is 1. The van der Waals surface area contributed by atoms with Gasteiger partial charge in [0.2, 0.25) is 0 Å². The molecule has 1 aromatic heterocycles. The van der Waals surface area contributed by atoms with Gasteiger partial charge in [0, 0.05) is 44.8 Å². The third-order valence-electron chi connectivity index (χ3n) is 6.39. The summed E-state index contributed by atoms with van der Waals surface area (Å²) >= 11 is 1.29. The molecular formula is C22H29FN4O3S2. The fourth-order valence-electron chi connectivity index (χ4n) is 4.39. The van der Waals surface area contributed by atoms with Gasteiger partial charge in [0.1, 0.15) is 15.7 Å². The fourth-order valence-corrected chi connectivity index (χ4v) is 7.01. The number of aryl methyl sites for hydroxylation is 1. The number of amides is 1. The Morgan fingerprint density at radius 1 is 1.09 bits per heavy atom. The van der Waals surface area contributed by atoms with Crippen LogP contribution >= 0.6 is 11.3 Å². The third-order valence-corrected chi connectivity index (χ3v) is 9.63. The average Bonchev–Trinajstić information content (AvgIpc) is 3.20. The van der Waals surface area contributed by atoms with E-state index in [2.05, 4.69) is 4.98 Å². The van der Waals surface area contributed by atoms with Crippen molar-refractivity contribution in [3.05, 3.63) is 40.7 Å². The molecule has 174 valence electrons. The van der Waals surface area contributed by atoms with Crippen LogP contribution in [0.15, 0.2) is 24.3 Å². The Labute approximate surface area is 193 Å². The highest BCUT2D eigenvalue weighted by Crippen LogP contribution is 2.30. The summed E-state index contributed by atoms with van der Waals surface area (Å²) in [6.45, 7) is 3.05. The lowest BCUT2D eigenvalue weighted by atomic mass is 9.96. The van der Waals surface area contributed by atoms with Crippen molar-refractivity contribution < 1.29 is 17.6 Å². The molecule has 1 saturated carbocycles. The Kier molecular flexibility index (Phi) is 6.94. The quantitative estimate of drug-likeness (QED) is 0.656. The Hall–Kier alpha value is -1.88. The minimum atomic E-state index is -3.53. The van der Waals surface area contributed by atoms with Crippen LogP contribution in [0.25, 0.3) is 10.6 Å². The summed E-state index contributed by atoms with van der Waals surface area (Å²) in [5.41, 5.74) is 1.40. The van der Waals surface area contributed by atoms with Crippen molar-refractivity contribution in [2.24, 2.45) is 0 Å². The fraction of sp³-hybridized carbons (Fsp3) is 0.545. The van der Waals surface area contributed by atoms with Crippen molar-refractivity contribution in [3.8, 4) is 10.6 Å². The maximum absolute atomic E-state index is 13.2. The van der Waals surface area contributed by atoms with Crippen LogP contribution in [-0.4, -0.2) is 72.1 Å².